The molecular weight excluding hydrogens is 356 g/mol. The number of carbonyl (C=O) groups excluding carboxylic acids is 3. The van der Waals surface area contributed by atoms with E-state index in [9.17, 15) is 14.4 Å². The number of hydrogen-bond acceptors (Lipinski definition) is 4. The van der Waals surface area contributed by atoms with Crippen LogP contribution in [0.1, 0.15) is 43.1 Å². The number of hydrogen-bond donors (Lipinski definition) is 1. The van der Waals surface area contributed by atoms with Crippen molar-refractivity contribution in [3.05, 3.63) is 53.6 Å². The average Bonchev–Trinajstić information content (AvgIpc) is 2.66. The Balaban J connectivity index is 1.81. The van der Waals surface area contributed by atoms with Crippen molar-refractivity contribution >= 4 is 29.0 Å². The van der Waals surface area contributed by atoms with Crippen molar-refractivity contribution in [1.82, 2.24) is 0 Å². The first kappa shape index (κ1) is 19.6. The van der Waals surface area contributed by atoms with Crippen LogP contribution in [0.3, 0.4) is 0 Å². The summed E-state index contributed by atoms with van der Waals surface area (Å²) in [6, 6.07) is 12.7. The number of para-hydroxylation sites is 1. The van der Waals surface area contributed by atoms with Crippen LogP contribution in [0.15, 0.2) is 42.5 Å². The SMILES string of the molecule is CC(=O)Nc1ccc(C(C)=O)cc1OCC(=O)N1c2ccccc2CCC1C. The summed E-state index contributed by atoms with van der Waals surface area (Å²) in [5.41, 5.74) is 2.94. The highest BCUT2D eigenvalue weighted by molar-refractivity contribution is 5.98. The zero-order valence-corrected chi connectivity index (χ0v) is 16.3. The number of Topliss-reactive ketones (excluding diaryl/α,β-unsaturated/α-hetero) is 1. The van der Waals surface area contributed by atoms with Crippen LogP contribution in [0, 0.1) is 0 Å². The number of anilines is 2. The average molecular weight is 380 g/mol. The van der Waals surface area contributed by atoms with Gasteiger partial charge in [0.2, 0.25) is 5.91 Å². The fraction of sp³-hybridized carbons (Fsp3) is 0.318. The molecule has 0 radical (unpaired) electrons. The van der Waals surface area contributed by atoms with Gasteiger partial charge in [-0.25, -0.2) is 0 Å². The molecule has 1 N–H and O–H groups in total. The first-order chi connectivity index (χ1) is 13.4. The van der Waals surface area contributed by atoms with E-state index >= 15 is 0 Å². The molecule has 1 aliphatic rings. The van der Waals surface area contributed by atoms with E-state index < -0.39 is 0 Å². The highest BCUT2D eigenvalue weighted by atomic mass is 16.5. The number of ether oxygens (including phenoxy) is 1. The van der Waals surface area contributed by atoms with Crippen molar-refractivity contribution in [1.29, 1.82) is 0 Å². The molecule has 0 spiro atoms. The third kappa shape index (κ3) is 4.22. The van der Waals surface area contributed by atoms with Gasteiger partial charge in [0.15, 0.2) is 12.4 Å². The number of carbonyl (C=O) groups is 3. The van der Waals surface area contributed by atoms with Gasteiger partial charge in [0.05, 0.1) is 5.69 Å². The van der Waals surface area contributed by atoms with Crippen LogP contribution in [0.5, 0.6) is 5.75 Å². The zero-order chi connectivity index (χ0) is 20.3. The van der Waals surface area contributed by atoms with Gasteiger partial charge in [0, 0.05) is 24.2 Å². The predicted octanol–water partition coefficient (Wildman–Crippen LogP) is 3.59. The molecule has 0 aliphatic carbocycles. The molecule has 2 aromatic carbocycles. The molecule has 1 heterocycles. The summed E-state index contributed by atoms with van der Waals surface area (Å²) < 4.78 is 5.75. The third-order valence-electron chi connectivity index (χ3n) is 4.84. The van der Waals surface area contributed by atoms with Gasteiger partial charge in [-0.3, -0.25) is 14.4 Å². The van der Waals surface area contributed by atoms with Crippen LogP contribution in [0.25, 0.3) is 0 Å². The number of nitrogens with one attached hydrogen (secondary N) is 1. The van der Waals surface area contributed by atoms with Gasteiger partial charge in [0.1, 0.15) is 5.75 Å². The molecule has 0 saturated carbocycles. The minimum Gasteiger partial charge on any atom is -0.482 e. The molecule has 0 fully saturated rings. The van der Waals surface area contributed by atoms with Gasteiger partial charge in [-0.05, 0) is 56.5 Å². The van der Waals surface area contributed by atoms with Gasteiger partial charge in [0.25, 0.3) is 5.91 Å². The monoisotopic (exact) mass is 380 g/mol. The van der Waals surface area contributed by atoms with E-state index in [-0.39, 0.29) is 30.2 Å². The van der Waals surface area contributed by atoms with E-state index in [1.807, 2.05) is 31.2 Å². The van der Waals surface area contributed by atoms with E-state index in [4.69, 9.17) is 4.74 Å². The summed E-state index contributed by atoms with van der Waals surface area (Å²) >= 11 is 0. The lowest BCUT2D eigenvalue weighted by Gasteiger charge is -2.35. The van der Waals surface area contributed by atoms with Gasteiger partial charge in [-0.15, -0.1) is 0 Å². The van der Waals surface area contributed by atoms with E-state index in [0.717, 1.165) is 24.1 Å². The van der Waals surface area contributed by atoms with Crippen molar-refractivity contribution in [2.75, 3.05) is 16.8 Å². The van der Waals surface area contributed by atoms with E-state index in [1.54, 1.807) is 23.1 Å². The summed E-state index contributed by atoms with van der Waals surface area (Å²) in [7, 11) is 0. The van der Waals surface area contributed by atoms with Crippen LogP contribution >= 0.6 is 0 Å². The third-order valence-corrected chi connectivity index (χ3v) is 4.84. The number of fused-ring (bicyclic) bond motifs is 1. The smallest absolute Gasteiger partial charge is 0.265 e. The molecule has 146 valence electrons. The van der Waals surface area contributed by atoms with Crippen molar-refractivity contribution in [2.45, 2.75) is 39.7 Å². The minimum absolute atomic E-state index is 0.0735. The molecule has 1 unspecified atom stereocenters. The molecule has 0 saturated heterocycles. The Morgan fingerprint density at radius 2 is 1.89 bits per heavy atom. The second-order valence-electron chi connectivity index (χ2n) is 7.02. The first-order valence-electron chi connectivity index (χ1n) is 9.32. The summed E-state index contributed by atoms with van der Waals surface area (Å²) in [5, 5.41) is 2.67. The van der Waals surface area contributed by atoms with Crippen LogP contribution in [0.2, 0.25) is 0 Å². The zero-order valence-electron chi connectivity index (χ0n) is 16.3. The molecule has 2 amide bonds. The van der Waals surface area contributed by atoms with Crippen LogP contribution < -0.4 is 15.0 Å². The Morgan fingerprint density at radius 1 is 1.14 bits per heavy atom. The van der Waals surface area contributed by atoms with Gasteiger partial charge in [-0.2, -0.15) is 0 Å². The van der Waals surface area contributed by atoms with E-state index in [2.05, 4.69) is 5.32 Å². The lowest BCUT2D eigenvalue weighted by Crippen LogP contribution is -2.44. The maximum atomic E-state index is 12.9. The quantitative estimate of drug-likeness (QED) is 0.805. The minimum atomic E-state index is -0.259. The van der Waals surface area contributed by atoms with Crippen molar-refractivity contribution in [2.24, 2.45) is 0 Å². The Morgan fingerprint density at radius 3 is 2.61 bits per heavy atom. The second kappa shape index (κ2) is 8.25. The van der Waals surface area contributed by atoms with Crippen molar-refractivity contribution < 1.29 is 19.1 Å². The van der Waals surface area contributed by atoms with Gasteiger partial charge in [-0.1, -0.05) is 18.2 Å². The normalized spacial score (nSPS) is 15.5. The largest absolute Gasteiger partial charge is 0.482 e. The number of rotatable bonds is 5. The lowest BCUT2D eigenvalue weighted by atomic mass is 9.96. The van der Waals surface area contributed by atoms with Crippen LogP contribution in [-0.4, -0.2) is 30.2 Å². The molecule has 2 aromatic rings. The van der Waals surface area contributed by atoms with Crippen molar-refractivity contribution in [3.8, 4) is 5.75 Å². The van der Waals surface area contributed by atoms with E-state index in [1.165, 1.54) is 13.8 Å². The maximum absolute atomic E-state index is 12.9. The Labute approximate surface area is 164 Å². The molecule has 0 bridgehead atoms. The summed E-state index contributed by atoms with van der Waals surface area (Å²) in [4.78, 5) is 37.8. The Bertz CT molecular complexity index is 923. The molecule has 1 aliphatic heterocycles. The number of ketones is 1. The lowest BCUT2D eigenvalue weighted by molar-refractivity contribution is -0.121. The molecule has 6 heteroatoms. The van der Waals surface area contributed by atoms with Crippen LogP contribution in [-0.2, 0) is 16.0 Å². The highest BCUT2D eigenvalue weighted by Crippen LogP contribution is 2.31. The number of aryl methyl sites for hydroxylation is 1. The first-order valence-corrected chi connectivity index (χ1v) is 9.32. The highest BCUT2D eigenvalue weighted by Gasteiger charge is 2.28. The summed E-state index contributed by atoms with van der Waals surface area (Å²) in [6.45, 7) is 4.68. The predicted molar refractivity (Wildman–Crippen MR) is 108 cm³/mol. The molecule has 1 atom stereocenters. The number of benzene rings is 2. The topological polar surface area (TPSA) is 75.7 Å². The van der Waals surface area contributed by atoms with Crippen molar-refractivity contribution in [3.63, 3.8) is 0 Å². The van der Waals surface area contributed by atoms with Crippen LogP contribution in [0.4, 0.5) is 11.4 Å². The standard InChI is InChI=1S/C22H24N2O4/c1-14-8-9-17-6-4-5-7-20(17)24(14)22(27)13-28-21-12-18(15(2)25)10-11-19(21)23-16(3)26/h4-7,10-12,14H,8-9,13H2,1-3H3,(H,23,26). The van der Waals surface area contributed by atoms with Gasteiger partial charge >= 0.3 is 0 Å². The second-order valence-corrected chi connectivity index (χ2v) is 7.02. The fourth-order valence-corrected chi connectivity index (χ4v) is 3.43. The molecule has 0 aromatic heterocycles. The maximum Gasteiger partial charge on any atom is 0.265 e. The Hall–Kier alpha value is -3.15. The number of nitrogens with zero attached hydrogens (tertiary/aromatic N) is 1. The summed E-state index contributed by atoms with van der Waals surface area (Å²) in [6.07, 6.45) is 1.83. The number of amides is 2. The van der Waals surface area contributed by atoms with Gasteiger partial charge < -0.3 is 15.0 Å². The molecular formula is C22H24N2O4. The molecule has 28 heavy (non-hydrogen) atoms. The molecule has 3 rings (SSSR count). The summed E-state index contributed by atoms with van der Waals surface area (Å²) in [5.74, 6) is -0.245. The van der Waals surface area contributed by atoms with E-state index in [0.29, 0.717) is 17.0 Å². The molecule has 6 nitrogen and oxygen atoms in total. The Kier molecular flexibility index (Phi) is 5.78. The fourth-order valence-electron chi connectivity index (χ4n) is 3.43.